The molecule has 0 radical (unpaired) electrons. The summed E-state index contributed by atoms with van der Waals surface area (Å²) < 4.78 is 1.62. The summed E-state index contributed by atoms with van der Waals surface area (Å²) in [6.07, 6.45) is 5.32. The van der Waals surface area contributed by atoms with Crippen molar-refractivity contribution in [2.24, 2.45) is 12.5 Å². The van der Waals surface area contributed by atoms with Crippen molar-refractivity contribution >= 4 is 17.1 Å². The molecular weight excluding hydrogens is 326 g/mol. The molecule has 1 saturated carbocycles. The summed E-state index contributed by atoms with van der Waals surface area (Å²) in [6, 6.07) is 12.4. The van der Waals surface area contributed by atoms with Crippen molar-refractivity contribution in [2.45, 2.75) is 25.2 Å². The van der Waals surface area contributed by atoms with Crippen molar-refractivity contribution < 1.29 is 4.79 Å². The Morgan fingerprint density at radius 2 is 2.04 bits per heavy atom. The second-order valence-corrected chi connectivity index (χ2v) is 7.64. The Bertz CT molecular complexity index is 976. The maximum absolute atomic E-state index is 13.1. The van der Waals surface area contributed by atoms with Crippen LogP contribution in [-0.4, -0.2) is 43.9 Å². The van der Waals surface area contributed by atoms with Crippen molar-refractivity contribution in [3.63, 3.8) is 0 Å². The number of amides is 1. The fraction of sp³-hybridized carbons (Fsp3) is 0.400. The summed E-state index contributed by atoms with van der Waals surface area (Å²) in [5, 5.41) is 8.06. The number of nitrogens with zero attached hydrogens (tertiary/aromatic N) is 5. The molecule has 2 aromatic heterocycles. The van der Waals surface area contributed by atoms with E-state index in [2.05, 4.69) is 45.6 Å². The minimum atomic E-state index is 0.0507. The minimum absolute atomic E-state index is 0.0507. The molecule has 5 rings (SSSR count). The van der Waals surface area contributed by atoms with Gasteiger partial charge in [-0.15, -0.1) is 5.10 Å². The SMILES string of the molecule is Cn1nnc2cc(C(=O)N3C[C@@H](c4ccccc4)C4(CCC4)C3)cnc21. The molecule has 0 N–H and O–H groups in total. The van der Waals surface area contributed by atoms with Gasteiger partial charge in [0.1, 0.15) is 5.52 Å². The third kappa shape index (κ3) is 2.25. The second kappa shape index (κ2) is 5.62. The van der Waals surface area contributed by atoms with Crippen LogP contribution < -0.4 is 0 Å². The van der Waals surface area contributed by atoms with Crippen LogP contribution in [0.2, 0.25) is 0 Å². The van der Waals surface area contributed by atoms with Crippen LogP contribution in [0.4, 0.5) is 0 Å². The predicted molar refractivity (Wildman–Crippen MR) is 97.7 cm³/mol. The van der Waals surface area contributed by atoms with E-state index < -0.39 is 0 Å². The quantitative estimate of drug-likeness (QED) is 0.715. The molecule has 6 nitrogen and oxygen atoms in total. The van der Waals surface area contributed by atoms with Crippen molar-refractivity contribution in [3.8, 4) is 0 Å². The van der Waals surface area contributed by atoms with Gasteiger partial charge in [-0.25, -0.2) is 9.67 Å². The molecule has 1 aliphatic carbocycles. The van der Waals surface area contributed by atoms with E-state index in [9.17, 15) is 4.79 Å². The summed E-state index contributed by atoms with van der Waals surface area (Å²) in [4.78, 5) is 19.5. The van der Waals surface area contributed by atoms with Crippen LogP contribution in [0.15, 0.2) is 42.6 Å². The van der Waals surface area contributed by atoms with Crippen molar-refractivity contribution in [1.29, 1.82) is 0 Å². The first-order valence-corrected chi connectivity index (χ1v) is 9.16. The van der Waals surface area contributed by atoms with Gasteiger partial charge in [0.05, 0.1) is 5.56 Å². The number of aromatic nitrogens is 4. The largest absolute Gasteiger partial charge is 0.337 e. The number of likely N-dealkylation sites (tertiary alicyclic amines) is 1. The molecule has 1 amide bonds. The van der Waals surface area contributed by atoms with Gasteiger partial charge >= 0.3 is 0 Å². The Hall–Kier alpha value is -2.76. The summed E-state index contributed by atoms with van der Waals surface area (Å²) >= 11 is 0. The van der Waals surface area contributed by atoms with Crippen molar-refractivity contribution in [3.05, 3.63) is 53.7 Å². The highest BCUT2D eigenvalue weighted by Gasteiger charge is 2.51. The lowest BCUT2D eigenvalue weighted by atomic mass is 9.61. The lowest BCUT2D eigenvalue weighted by molar-refractivity contribution is 0.0725. The van der Waals surface area contributed by atoms with E-state index in [0.717, 1.165) is 13.1 Å². The molecule has 1 spiro atoms. The van der Waals surface area contributed by atoms with E-state index >= 15 is 0 Å². The molecule has 2 aliphatic rings. The molecule has 1 aliphatic heterocycles. The number of aryl methyl sites for hydroxylation is 1. The van der Waals surface area contributed by atoms with E-state index in [-0.39, 0.29) is 11.3 Å². The van der Waals surface area contributed by atoms with Crippen LogP contribution in [0, 0.1) is 5.41 Å². The normalized spacial score (nSPS) is 21.3. The molecule has 132 valence electrons. The summed E-state index contributed by atoms with van der Waals surface area (Å²) in [7, 11) is 1.80. The Morgan fingerprint density at radius 1 is 1.23 bits per heavy atom. The van der Waals surface area contributed by atoms with Gasteiger partial charge in [-0.3, -0.25) is 4.79 Å². The van der Waals surface area contributed by atoms with Gasteiger partial charge in [0.25, 0.3) is 5.91 Å². The van der Waals surface area contributed by atoms with Crippen LogP contribution >= 0.6 is 0 Å². The van der Waals surface area contributed by atoms with Crippen LogP contribution in [0.1, 0.15) is 41.1 Å². The number of pyridine rings is 1. The number of carbonyl (C=O) groups excluding carboxylic acids is 1. The molecule has 1 saturated heterocycles. The third-order valence-electron chi connectivity index (χ3n) is 6.17. The summed E-state index contributed by atoms with van der Waals surface area (Å²) in [5.41, 5.74) is 3.56. The van der Waals surface area contributed by atoms with Gasteiger partial charge in [0, 0.05) is 32.3 Å². The molecule has 26 heavy (non-hydrogen) atoms. The summed E-state index contributed by atoms with van der Waals surface area (Å²) in [6.45, 7) is 1.62. The lowest BCUT2D eigenvalue weighted by Gasteiger charge is -2.43. The zero-order chi connectivity index (χ0) is 17.7. The topological polar surface area (TPSA) is 63.9 Å². The monoisotopic (exact) mass is 347 g/mol. The zero-order valence-electron chi connectivity index (χ0n) is 14.8. The third-order valence-corrected chi connectivity index (χ3v) is 6.17. The molecule has 6 heteroatoms. The van der Waals surface area contributed by atoms with Gasteiger partial charge < -0.3 is 4.90 Å². The fourth-order valence-corrected chi connectivity index (χ4v) is 4.63. The maximum atomic E-state index is 13.1. The molecule has 0 bridgehead atoms. The van der Waals surface area contributed by atoms with Crippen molar-refractivity contribution in [1.82, 2.24) is 24.9 Å². The average Bonchev–Trinajstić information content (AvgIpc) is 3.23. The number of fused-ring (bicyclic) bond motifs is 1. The van der Waals surface area contributed by atoms with Crippen LogP contribution in [0.3, 0.4) is 0 Å². The molecule has 1 aromatic carbocycles. The highest BCUT2D eigenvalue weighted by Crippen LogP contribution is 2.55. The van der Waals surface area contributed by atoms with Crippen LogP contribution in [0.5, 0.6) is 0 Å². The average molecular weight is 347 g/mol. The number of rotatable bonds is 2. The molecule has 3 aromatic rings. The Morgan fingerprint density at radius 3 is 2.77 bits per heavy atom. The zero-order valence-corrected chi connectivity index (χ0v) is 14.8. The fourth-order valence-electron chi connectivity index (χ4n) is 4.63. The van der Waals surface area contributed by atoms with E-state index in [0.29, 0.717) is 22.6 Å². The Balaban J connectivity index is 1.45. The molecule has 2 fully saturated rings. The molecular formula is C20H21N5O. The van der Waals surface area contributed by atoms with Gasteiger partial charge in [0.2, 0.25) is 0 Å². The van der Waals surface area contributed by atoms with Gasteiger partial charge in [-0.2, -0.15) is 0 Å². The molecule has 0 unspecified atom stereocenters. The molecule has 1 atom stereocenters. The lowest BCUT2D eigenvalue weighted by Crippen LogP contribution is -2.37. The van der Waals surface area contributed by atoms with E-state index in [1.165, 1.54) is 24.8 Å². The van der Waals surface area contributed by atoms with Gasteiger partial charge in [-0.05, 0) is 29.9 Å². The Labute approximate surface area is 151 Å². The van der Waals surface area contributed by atoms with Crippen LogP contribution in [0.25, 0.3) is 11.2 Å². The second-order valence-electron chi connectivity index (χ2n) is 7.64. The maximum Gasteiger partial charge on any atom is 0.255 e. The molecule has 3 heterocycles. The summed E-state index contributed by atoms with van der Waals surface area (Å²) in [5.74, 6) is 0.476. The minimum Gasteiger partial charge on any atom is -0.337 e. The van der Waals surface area contributed by atoms with Crippen LogP contribution in [-0.2, 0) is 7.05 Å². The smallest absolute Gasteiger partial charge is 0.255 e. The first kappa shape index (κ1) is 15.5. The van der Waals surface area contributed by atoms with E-state index in [1.54, 1.807) is 24.0 Å². The standard InChI is InChI=1S/C20H21N5O/c1-24-18-17(22-23-24)10-15(11-21-18)19(26)25-12-16(14-6-3-2-4-7-14)20(13-25)8-5-9-20/h2-4,6-7,10-11,16H,5,8-9,12-13H2,1H3/t16-/m0/s1. The Kier molecular flexibility index (Phi) is 3.35. The first-order valence-electron chi connectivity index (χ1n) is 9.16. The van der Waals surface area contributed by atoms with Gasteiger partial charge in [-0.1, -0.05) is 42.0 Å². The number of hydrogen-bond donors (Lipinski definition) is 0. The number of benzene rings is 1. The number of carbonyl (C=O) groups is 1. The highest BCUT2D eigenvalue weighted by molar-refractivity contribution is 5.96. The van der Waals surface area contributed by atoms with Gasteiger partial charge in [0.15, 0.2) is 5.65 Å². The van der Waals surface area contributed by atoms with E-state index in [4.69, 9.17) is 0 Å². The van der Waals surface area contributed by atoms with E-state index in [1.807, 2.05) is 4.90 Å². The highest BCUT2D eigenvalue weighted by atomic mass is 16.2. The van der Waals surface area contributed by atoms with Crippen molar-refractivity contribution in [2.75, 3.05) is 13.1 Å². The number of hydrogen-bond acceptors (Lipinski definition) is 4. The predicted octanol–water partition coefficient (Wildman–Crippen LogP) is 2.77. The first-order chi connectivity index (χ1) is 12.7.